The molecule has 10 heteroatoms. The topological polar surface area (TPSA) is 69.0 Å². The van der Waals surface area contributed by atoms with E-state index in [4.69, 9.17) is 16.3 Å². The lowest BCUT2D eigenvalue weighted by Crippen LogP contribution is -2.26. The molecular weight excluding hydrogens is 397 g/mol. The van der Waals surface area contributed by atoms with Crippen LogP contribution < -0.4 is 10.1 Å². The molecule has 3 aromatic rings. The van der Waals surface area contributed by atoms with Crippen LogP contribution in [0, 0.1) is 0 Å². The summed E-state index contributed by atoms with van der Waals surface area (Å²) in [5, 5.41) is 6.58. The lowest BCUT2D eigenvalue weighted by atomic mass is 10.2. The zero-order valence-corrected chi connectivity index (χ0v) is 15.3. The third-order valence-corrected chi connectivity index (χ3v) is 4.07. The Morgan fingerprint density at radius 3 is 2.61 bits per heavy atom. The Bertz CT molecular complexity index is 987. The molecule has 0 fully saturated rings. The first-order valence-electron chi connectivity index (χ1n) is 7.98. The van der Waals surface area contributed by atoms with E-state index >= 15 is 0 Å². The van der Waals surface area contributed by atoms with Crippen molar-refractivity contribution in [2.24, 2.45) is 0 Å². The summed E-state index contributed by atoms with van der Waals surface area (Å²) in [6, 6.07) is 8.84. The maximum absolute atomic E-state index is 13.6. The number of methoxy groups -OCH3 is 1. The number of carbonyl (C=O) groups is 1. The number of rotatable bonds is 5. The SMILES string of the molecule is COc1cc(CNC(=O)c2cnn(-c3ccc(Cl)cc3)c2C(F)(F)F)ccn1. The van der Waals surface area contributed by atoms with Crippen molar-refractivity contribution in [2.75, 3.05) is 7.11 Å². The van der Waals surface area contributed by atoms with Crippen LogP contribution in [0.2, 0.25) is 5.02 Å². The number of benzene rings is 1. The van der Waals surface area contributed by atoms with Crippen LogP contribution in [-0.4, -0.2) is 27.8 Å². The summed E-state index contributed by atoms with van der Waals surface area (Å²) in [6.07, 6.45) is -2.43. The van der Waals surface area contributed by atoms with E-state index in [1.807, 2.05) is 0 Å². The van der Waals surface area contributed by atoms with Gasteiger partial charge in [0.05, 0.1) is 24.6 Å². The molecule has 0 atom stereocenters. The van der Waals surface area contributed by atoms with E-state index in [1.165, 1.54) is 37.6 Å². The van der Waals surface area contributed by atoms with Crippen molar-refractivity contribution in [1.82, 2.24) is 20.1 Å². The van der Waals surface area contributed by atoms with Crippen molar-refractivity contribution in [1.29, 1.82) is 0 Å². The van der Waals surface area contributed by atoms with Crippen LogP contribution in [0.1, 0.15) is 21.6 Å². The van der Waals surface area contributed by atoms with Crippen LogP contribution in [0.5, 0.6) is 5.88 Å². The summed E-state index contributed by atoms with van der Waals surface area (Å²) >= 11 is 5.78. The normalized spacial score (nSPS) is 11.3. The number of amides is 1. The Morgan fingerprint density at radius 1 is 1.25 bits per heavy atom. The number of carbonyl (C=O) groups excluding carboxylic acids is 1. The minimum absolute atomic E-state index is 0.00113. The van der Waals surface area contributed by atoms with E-state index in [2.05, 4.69) is 15.4 Å². The summed E-state index contributed by atoms with van der Waals surface area (Å²) in [7, 11) is 1.44. The summed E-state index contributed by atoms with van der Waals surface area (Å²) in [6.45, 7) is 0.00113. The Hall–Kier alpha value is -3.07. The van der Waals surface area contributed by atoms with Crippen molar-refractivity contribution in [3.63, 3.8) is 0 Å². The monoisotopic (exact) mass is 410 g/mol. The van der Waals surface area contributed by atoms with E-state index in [0.29, 0.717) is 21.1 Å². The van der Waals surface area contributed by atoms with Gasteiger partial charge in [-0.1, -0.05) is 11.6 Å². The molecule has 28 heavy (non-hydrogen) atoms. The van der Waals surface area contributed by atoms with Gasteiger partial charge in [0.15, 0.2) is 5.69 Å². The van der Waals surface area contributed by atoms with Gasteiger partial charge in [-0.3, -0.25) is 4.79 Å². The van der Waals surface area contributed by atoms with Gasteiger partial charge < -0.3 is 10.1 Å². The molecule has 1 N–H and O–H groups in total. The average molecular weight is 411 g/mol. The molecule has 2 aromatic heterocycles. The lowest BCUT2D eigenvalue weighted by molar-refractivity contribution is -0.143. The zero-order valence-electron chi connectivity index (χ0n) is 14.5. The fourth-order valence-electron chi connectivity index (χ4n) is 2.52. The van der Waals surface area contributed by atoms with E-state index in [1.54, 1.807) is 12.1 Å². The average Bonchev–Trinajstić information content (AvgIpc) is 3.12. The van der Waals surface area contributed by atoms with Crippen LogP contribution >= 0.6 is 11.6 Å². The Kier molecular flexibility index (Phi) is 5.55. The molecule has 0 aliphatic carbocycles. The second kappa shape index (κ2) is 7.89. The number of pyridine rings is 1. The molecule has 0 saturated heterocycles. The number of ether oxygens (including phenoxy) is 1. The molecule has 0 aliphatic heterocycles. The van der Waals surface area contributed by atoms with Crippen molar-refractivity contribution in [3.8, 4) is 11.6 Å². The molecule has 0 bridgehead atoms. The van der Waals surface area contributed by atoms with E-state index in [-0.39, 0.29) is 12.2 Å². The minimum Gasteiger partial charge on any atom is -0.481 e. The molecule has 0 spiro atoms. The van der Waals surface area contributed by atoms with Gasteiger partial charge in [0, 0.05) is 23.8 Å². The molecule has 2 heterocycles. The van der Waals surface area contributed by atoms with Gasteiger partial charge in [0.1, 0.15) is 0 Å². The molecule has 0 radical (unpaired) electrons. The summed E-state index contributed by atoms with van der Waals surface area (Å²) in [4.78, 5) is 16.3. The molecule has 0 aliphatic rings. The fourth-order valence-corrected chi connectivity index (χ4v) is 2.64. The molecule has 3 rings (SSSR count). The highest BCUT2D eigenvalue weighted by Gasteiger charge is 2.40. The van der Waals surface area contributed by atoms with Crippen molar-refractivity contribution < 1.29 is 22.7 Å². The minimum atomic E-state index is -4.79. The van der Waals surface area contributed by atoms with Crippen LogP contribution in [0.15, 0.2) is 48.8 Å². The summed E-state index contributed by atoms with van der Waals surface area (Å²) < 4.78 is 46.6. The van der Waals surface area contributed by atoms with Gasteiger partial charge >= 0.3 is 6.18 Å². The van der Waals surface area contributed by atoms with Crippen LogP contribution in [0.4, 0.5) is 13.2 Å². The van der Waals surface area contributed by atoms with Gasteiger partial charge in [-0.15, -0.1) is 0 Å². The lowest BCUT2D eigenvalue weighted by Gasteiger charge is -2.13. The smallest absolute Gasteiger partial charge is 0.434 e. The Labute approximate surface area is 162 Å². The first-order valence-corrected chi connectivity index (χ1v) is 8.35. The van der Waals surface area contributed by atoms with Gasteiger partial charge in [0.25, 0.3) is 5.91 Å². The highest BCUT2D eigenvalue weighted by atomic mass is 35.5. The number of hydrogen-bond donors (Lipinski definition) is 1. The van der Waals surface area contributed by atoms with Gasteiger partial charge in [-0.05, 0) is 35.9 Å². The highest BCUT2D eigenvalue weighted by Crippen LogP contribution is 2.33. The molecule has 6 nitrogen and oxygen atoms in total. The van der Waals surface area contributed by atoms with E-state index < -0.39 is 23.3 Å². The number of aromatic nitrogens is 3. The molecule has 0 unspecified atom stereocenters. The second-order valence-electron chi connectivity index (χ2n) is 5.68. The largest absolute Gasteiger partial charge is 0.481 e. The third kappa shape index (κ3) is 4.25. The first kappa shape index (κ1) is 19.7. The second-order valence-corrected chi connectivity index (χ2v) is 6.12. The summed E-state index contributed by atoms with van der Waals surface area (Å²) in [5.41, 5.74) is -0.989. The predicted molar refractivity (Wildman–Crippen MR) is 95.5 cm³/mol. The third-order valence-electron chi connectivity index (χ3n) is 3.82. The van der Waals surface area contributed by atoms with Gasteiger partial charge in [-0.25, -0.2) is 9.67 Å². The fraction of sp³-hybridized carbons (Fsp3) is 0.167. The van der Waals surface area contributed by atoms with Crippen molar-refractivity contribution in [3.05, 3.63) is 70.6 Å². The molecule has 146 valence electrons. The standard InChI is InChI=1S/C18H14ClF3N4O2/c1-28-15-8-11(6-7-23-15)9-24-17(27)14-10-25-26(16(14)18(20,21)22)13-4-2-12(19)3-5-13/h2-8,10H,9H2,1H3,(H,24,27). The van der Waals surface area contributed by atoms with Crippen molar-refractivity contribution >= 4 is 17.5 Å². The number of hydrogen-bond acceptors (Lipinski definition) is 4. The quantitative estimate of drug-likeness (QED) is 0.693. The Balaban J connectivity index is 1.88. The first-order chi connectivity index (χ1) is 13.3. The summed E-state index contributed by atoms with van der Waals surface area (Å²) in [5.74, 6) is -0.568. The molecule has 0 saturated carbocycles. The highest BCUT2D eigenvalue weighted by molar-refractivity contribution is 6.30. The number of halogens is 4. The van der Waals surface area contributed by atoms with Crippen molar-refractivity contribution in [2.45, 2.75) is 12.7 Å². The number of alkyl halides is 3. The van der Waals surface area contributed by atoms with Crippen LogP contribution in [0.3, 0.4) is 0 Å². The maximum Gasteiger partial charge on any atom is 0.434 e. The molecule has 1 aromatic carbocycles. The van der Waals surface area contributed by atoms with Crippen LogP contribution in [-0.2, 0) is 12.7 Å². The number of nitrogens with one attached hydrogen (secondary N) is 1. The number of nitrogens with zero attached hydrogens (tertiary/aromatic N) is 3. The van der Waals surface area contributed by atoms with E-state index in [9.17, 15) is 18.0 Å². The zero-order chi connectivity index (χ0) is 20.3. The molecule has 1 amide bonds. The van der Waals surface area contributed by atoms with Crippen LogP contribution in [0.25, 0.3) is 5.69 Å². The van der Waals surface area contributed by atoms with E-state index in [0.717, 1.165) is 6.20 Å². The van der Waals surface area contributed by atoms with Gasteiger partial charge in [0.2, 0.25) is 5.88 Å². The van der Waals surface area contributed by atoms with Gasteiger partial charge in [-0.2, -0.15) is 18.3 Å². The Morgan fingerprint density at radius 2 is 1.96 bits per heavy atom. The maximum atomic E-state index is 13.6. The predicted octanol–water partition coefficient (Wildman–Crippen LogP) is 3.88. The molecular formula is C18H14ClF3N4O2.